The van der Waals surface area contributed by atoms with Gasteiger partial charge in [-0.1, -0.05) is 30.7 Å². The van der Waals surface area contributed by atoms with Crippen molar-refractivity contribution in [2.24, 2.45) is 0 Å². The normalized spacial score (nSPS) is 21.7. The van der Waals surface area contributed by atoms with Crippen LogP contribution < -0.4 is 0 Å². The molecule has 6 heteroatoms. The molecule has 3 nitrogen and oxygen atoms in total. The molecule has 0 amide bonds. The Morgan fingerprint density at radius 3 is 2.35 bits per heavy atom. The van der Waals surface area contributed by atoms with Crippen molar-refractivity contribution in [3.63, 3.8) is 0 Å². The Bertz CT molecular complexity index is 191. The lowest BCUT2D eigenvalue weighted by Gasteiger charge is -2.19. The first kappa shape index (κ1) is 14.7. The average Bonchev–Trinajstić information content (AvgIpc) is 2.28. The Morgan fingerprint density at radius 1 is 1.00 bits per heavy atom. The summed E-state index contributed by atoms with van der Waals surface area (Å²) < 4.78 is 35.5. The molecule has 102 valence electrons. The fraction of sp³-hybridized carbons (Fsp3) is 1.00. The van der Waals surface area contributed by atoms with E-state index in [1.807, 2.05) is 0 Å². The highest BCUT2D eigenvalue weighted by Crippen LogP contribution is 2.23. The maximum atomic E-state index is 11.8. The van der Waals surface area contributed by atoms with Gasteiger partial charge in [-0.15, -0.1) is 0 Å². The van der Waals surface area contributed by atoms with Crippen LogP contribution in [0.1, 0.15) is 51.4 Å². The third-order valence-electron chi connectivity index (χ3n) is 2.73. The van der Waals surface area contributed by atoms with E-state index in [4.69, 9.17) is 4.89 Å². The van der Waals surface area contributed by atoms with Gasteiger partial charge in [0.15, 0.2) is 0 Å². The third-order valence-corrected chi connectivity index (χ3v) is 2.73. The number of hydrogen-bond acceptors (Lipinski definition) is 3. The summed E-state index contributed by atoms with van der Waals surface area (Å²) in [7, 11) is 0. The predicted molar refractivity (Wildman–Crippen MR) is 54.9 cm³/mol. The molecule has 0 bridgehead atoms. The molecule has 1 heterocycles. The summed E-state index contributed by atoms with van der Waals surface area (Å²) in [6, 6.07) is 0. The lowest BCUT2D eigenvalue weighted by molar-refractivity contribution is -0.549. The number of alkyl halides is 3. The summed E-state index contributed by atoms with van der Waals surface area (Å²) in [6.07, 6.45) is 0.719. The second-order valence-corrected chi connectivity index (χ2v) is 4.32. The minimum absolute atomic E-state index is 0.0684. The molecule has 17 heavy (non-hydrogen) atoms. The first-order valence-electron chi connectivity index (χ1n) is 6.09. The topological polar surface area (TPSA) is 27.7 Å². The Balaban J connectivity index is 1.84. The maximum Gasteiger partial charge on any atom is 0.389 e. The molecule has 1 rings (SSSR count). The molecule has 1 fully saturated rings. The van der Waals surface area contributed by atoms with Gasteiger partial charge in [-0.2, -0.15) is 13.2 Å². The monoisotopic (exact) mass is 256 g/mol. The summed E-state index contributed by atoms with van der Waals surface area (Å²) >= 11 is 0. The summed E-state index contributed by atoms with van der Waals surface area (Å²) in [5.41, 5.74) is 0. The zero-order valence-corrected chi connectivity index (χ0v) is 9.80. The Labute approximate surface area is 99.1 Å². The van der Waals surface area contributed by atoms with Crippen LogP contribution in [0.3, 0.4) is 0 Å². The quantitative estimate of drug-likeness (QED) is 0.510. The van der Waals surface area contributed by atoms with Gasteiger partial charge in [-0.3, -0.25) is 0 Å². The largest absolute Gasteiger partial charge is 0.389 e. The van der Waals surface area contributed by atoms with Crippen LogP contribution in [0.5, 0.6) is 0 Å². The van der Waals surface area contributed by atoms with Gasteiger partial charge >= 0.3 is 6.18 Å². The van der Waals surface area contributed by atoms with Crippen molar-refractivity contribution in [1.29, 1.82) is 0 Å². The van der Waals surface area contributed by atoms with Crippen molar-refractivity contribution >= 4 is 0 Å². The van der Waals surface area contributed by atoms with Gasteiger partial charge < -0.3 is 0 Å². The van der Waals surface area contributed by atoms with Crippen molar-refractivity contribution in [3.05, 3.63) is 0 Å². The number of unbranched alkanes of at least 4 members (excludes halogenated alkanes) is 4. The number of rotatable bonds is 7. The molecular weight excluding hydrogens is 237 g/mol. The van der Waals surface area contributed by atoms with E-state index in [2.05, 4.69) is 9.93 Å². The van der Waals surface area contributed by atoms with Crippen molar-refractivity contribution in [1.82, 2.24) is 0 Å². The van der Waals surface area contributed by atoms with Crippen molar-refractivity contribution in [3.8, 4) is 0 Å². The van der Waals surface area contributed by atoms with Crippen LogP contribution in [0.25, 0.3) is 0 Å². The Hall–Kier alpha value is -0.330. The molecule has 0 aromatic heterocycles. The van der Waals surface area contributed by atoms with Crippen LogP contribution >= 0.6 is 0 Å². The standard InChI is InChI=1S/C11H19F3O3/c12-11(13,14)8-5-3-1-2-4-6-10-7-9-15-17-16-10/h10H,1-9H2. The van der Waals surface area contributed by atoms with Crippen LogP contribution in [-0.4, -0.2) is 18.9 Å². The summed E-state index contributed by atoms with van der Waals surface area (Å²) in [5.74, 6) is 0. The Kier molecular flexibility index (Phi) is 6.84. The van der Waals surface area contributed by atoms with Crippen LogP contribution in [-0.2, 0) is 14.8 Å². The summed E-state index contributed by atoms with van der Waals surface area (Å²) in [5, 5.41) is 4.39. The lowest BCUT2D eigenvalue weighted by atomic mass is 10.1. The van der Waals surface area contributed by atoms with Gasteiger partial charge in [0.05, 0.1) is 12.7 Å². The zero-order chi connectivity index (χ0) is 12.6. The molecule has 0 aromatic rings. The van der Waals surface area contributed by atoms with Crippen molar-refractivity contribution < 1.29 is 28.0 Å². The lowest BCUT2D eigenvalue weighted by Crippen LogP contribution is -2.21. The SMILES string of the molecule is FC(F)(F)CCCCCCCC1CCOOO1. The first-order valence-corrected chi connectivity index (χ1v) is 6.09. The second kappa shape index (κ2) is 7.89. The van der Waals surface area contributed by atoms with E-state index in [0.29, 0.717) is 13.0 Å². The van der Waals surface area contributed by atoms with E-state index < -0.39 is 12.6 Å². The van der Waals surface area contributed by atoms with Gasteiger partial charge in [-0.25, -0.2) is 9.78 Å². The van der Waals surface area contributed by atoms with Crippen molar-refractivity contribution in [2.45, 2.75) is 63.6 Å². The highest BCUT2D eigenvalue weighted by atomic mass is 19.4. The van der Waals surface area contributed by atoms with E-state index in [1.165, 1.54) is 0 Å². The van der Waals surface area contributed by atoms with Crippen LogP contribution in [0.4, 0.5) is 13.2 Å². The molecule has 1 aliphatic rings. The molecule has 1 atom stereocenters. The smallest absolute Gasteiger partial charge is 0.206 e. The fourth-order valence-corrected chi connectivity index (χ4v) is 1.77. The zero-order valence-electron chi connectivity index (χ0n) is 9.80. The van der Waals surface area contributed by atoms with Crippen LogP contribution in [0, 0.1) is 0 Å². The summed E-state index contributed by atoms with van der Waals surface area (Å²) in [6.45, 7) is 0.538. The molecular formula is C11H19F3O3. The van der Waals surface area contributed by atoms with E-state index in [0.717, 1.165) is 32.1 Å². The third kappa shape index (κ3) is 8.40. The van der Waals surface area contributed by atoms with Gasteiger partial charge in [0, 0.05) is 12.8 Å². The molecule has 0 aromatic carbocycles. The molecule has 1 aliphatic heterocycles. The minimum atomic E-state index is -4.01. The van der Waals surface area contributed by atoms with E-state index in [1.54, 1.807) is 0 Å². The van der Waals surface area contributed by atoms with Gasteiger partial charge in [0.2, 0.25) is 0 Å². The van der Waals surface area contributed by atoms with Crippen molar-refractivity contribution in [2.75, 3.05) is 6.61 Å². The predicted octanol–water partition coefficient (Wildman–Crippen LogP) is 3.93. The molecule has 1 saturated heterocycles. The average molecular weight is 256 g/mol. The molecule has 0 saturated carbocycles. The van der Waals surface area contributed by atoms with E-state index in [9.17, 15) is 13.2 Å². The van der Waals surface area contributed by atoms with Gasteiger partial charge in [-0.05, 0) is 12.8 Å². The highest BCUT2D eigenvalue weighted by molar-refractivity contribution is 4.58. The molecule has 0 radical (unpaired) electrons. The van der Waals surface area contributed by atoms with E-state index >= 15 is 0 Å². The number of halogens is 3. The number of hydrogen-bond donors (Lipinski definition) is 0. The molecule has 1 unspecified atom stereocenters. The minimum Gasteiger partial charge on any atom is -0.206 e. The maximum absolute atomic E-state index is 11.8. The van der Waals surface area contributed by atoms with E-state index in [-0.39, 0.29) is 12.5 Å². The summed E-state index contributed by atoms with van der Waals surface area (Å²) in [4.78, 5) is 9.44. The highest BCUT2D eigenvalue weighted by Gasteiger charge is 2.25. The van der Waals surface area contributed by atoms with Crippen LogP contribution in [0.15, 0.2) is 0 Å². The van der Waals surface area contributed by atoms with Gasteiger partial charge in [0.25, 0.3) is 0 Å². The fourth-order valence-electron chi connectivity index (χ4n) is 1.77. The Morgan fingerprint density at radius 2 is 1.71 bits per heavy atom. The second-order valence-electron chi connectivity index (χ2n) is 4.32. The first-order chi connectivity index (χ1) is 8.08. The molecule has 0 aliphatic carbocycles. The molecule has 0 N–H and O–H groups in total. The van der Waals surface area contributed by atoms with Gasteiger partial charge in [0.1, 0.15) is 0 Å². The van der Waals surface area contributed by atoms with Crippen LogP contribution in [0.2, 0.25) is 0 Å². The molecule has 0 spiro atoms.